The highest BCUT2D eigenvalue weighted by Gasteiger charge is 2.19. The molecule has 34 heavy (non-hydrogen) atoms. The highest BCUT2D eigenvalue weighted by molar-refractivity contribution is 7.91. The molecule has 4 aromatic rings. The zero-order chi connectivity index (χ0) is 24.1. The minimum atomic E-state index is -3.69. The first kappa shape index (κ1) is 24.3. The molecule has 0 aliphatic heterocycles. The molecule has 6 nitrogen and oxygen atoms in total. The number of sulfone groups is 1. The largest absolute Gasteiger partial charge is 0.494 e. The summed E-state index contributed by atoms with van der Waals surface area (Å²) in [6, 6.07) is 18.3. The summed E-state index contributed by atoms with van der Waals surface area (Å²) in [5, 5.41) is 0.477. The molecule has 0 atom stereocenters. The minimum Gasteiger partial charge on any atom is -0.494 e. The Hall–Kier alpha value is -2.87. The summed E-state index contributed by atoms with van der Waals surface area (Å²) in [7, 11) is -3.69. The zero-order valence-corrected chi connectivity index (χ0v) is 20.8. The van der Waals surface area contributed by atoms with E-state index in [1.54, 1.807) is 18.2 Å². The van der Waals surface area contributed by atoms with Gasteiger partial charge in [-0.25, -0.2) is 13.4 Å². The van der Waals surface area contributed by atoms with Crippen LogP contribution in [0.15, 0.2) is 80.9 Å². The van der Waals surface area contributed by atoms with Crippen LogP contribution in [-0.4, -0.2) is 44.5 Å². The van der Waals surface area contributed by atoms with Crippen LogP contribution in [0, 0.1) is 0 Å². The van der Waals surface area contributed by atoms with E-state index in [2.05, 4.69) is 23.7 Å². The van der Waals surface area contributed by atoms with E-state index in [4.69, 9.17) is 20.8 Å². The molecule has 0 fully saturated rings. The van der Waals surface area contributed by atoms with Crippen LogP contribution < -0.4 is 4.74 Å². The minimum absolute atomic E-state index is 0.137. The number of hydrogen-bond acceptors (Lipinski definition) is 6. The molecule has 0 saturated heterocycles. The molecule has 0 N–H and O–H groups in total. The van der Waals surface area contributed by atoms with E-state index in [1.165, 1.54) is 24.3 Å². The van der Waals surface area contributed by atoms with Crippen molar-refractivity contribution < 1.29 is 17.6 Å². The quantitative estimate of drug-likeness (QED) is 0.246. The fraction of sp³-hybridized carbons (Fsp3) is 0.269. The Kier molecular flexibility index (Phi) is 7.56. The van der Waals surface area contributed by atoms with Crippen LogP contribution in [-0.2, 0) is 9.84 Å². The number of fused-ring (bicyclic) bond motifs is 1. The van der Waals surface area contributed by atoms with Gasteiger partial charge in [0.15, 0.2) is 5.58 Å². The number of rotatable bonds is 10. The SMILES string of the molecule is CCN(CC)CCCOc1ccc(-c2nc3ccc(S(=O)(=O)c4ccc(Cl)cc4)cc3o2)cc1. The van der Waals surface area contributed by atoms with Gasteiger partial charge in [-0.15, -0.1) is 0 Å². The van der Waals surface area contributed by atoms with Crippen molar-refractivity contribution in [2.75, 3.05) is 26.2 Å². The molecule has 4 rings (SSSR count). The van der Waals surface area contributed by atoms with Gasteiger partial charge >= 0.3 is 0 Å². The normalized spacial score (nSPS) is 11.9. The number of oxazole rings is 1. The Morgan fingerprint density at radius 2 is 1.62 bits per heavy atom. The van der Waals surface area contributed by atoms with Crippen molar-refractivity contribution in [3.8, 4) is 17.2 Å². The zero-order valence-electron chi connectivity index (χ0n) is 19.2. The number of hydrogen-bond donors (Lipinski definition) is 0. The van der Waals surface area contributed by atoms with Crippen molar-refractivity contribution >= 4 is 32.5 Å². The molecule has 0 radical (unpaired) electrons. The van der Waals surface area contributed by atoms with E-state index in [-0.39, 0.29) is 9.79 Å². The van der Waals surface area contributed by atoms with E-state index in [0.29, 0.717) is 28.6 Å². The van der Waals surface area contributed by atoms with Gasteiger partial charge in [0, 0.05) is 23.2 Å². The Bertz CT molecular complexity index is 1350. The summed E-state index contributed by atoms with van der Waals surface area (Å²) >= 11 is 5.88. The predicted molar refractivity (Wildman–Crippen MR) is 134 cm³/mol. The average Bonchev–Trinajstić information content (AvgIpc) is 3.28. The molecular formula is C26H27ClN2O4S. The van der Waals surface area contributed by atoms with Crippen LogP contribution >= 0.6 is 11.6 Å². The summed E-state index contributed by atoms with van der Waals surface area (Å²) in [6.07, 6.45) is 0.968. The van der Waals surface area contributed by atoms with Crippen LogP contribution in [0.5, 0.6) is 5.75 Å². The van der Waals surface area contributed by atoms with E-state index in [9.17, 15) is 8.42 Å². The van der Waals surface area contributed by atoms with Crippen LogP contribution in [0.3, 0.4) is 0 Å². The molecular weight excluding hydrogens is 472 g/mol. The van der Waals surface area contributed by atoms with E-state index in [0.717, 1.165) is 37.4 Å². The third-order valence-electron chi connectivity index (χ3n) is 5.68. The van der Waals surface area contributed by atoms with E-state index in [1.807, 2.05) is 24.3 Å². The van der Waals surface area contributed by atoms with Gasteiger partial charge in [0.1, 0.15) is 11.3 Å². The lowest BCUT2D eigenvalue weighted by Crippen LogP contribution is -2.25. The van der Waals surface area contributed by atoms with Crippen molar-refractivity contribution in [2.45, 2.75) is 30.1 Å². The maximum Gasteiger partial charge on any atom is 0.227 e. The lowest BCUT2D eigenvalue weighted by Gasteiger charge is -2.17. The number of benzene rings is 3. The third kappa shape index (κ3) is 5.43. The third-order valence-corrected chi connectivity index (χ3v) is 7.70. The lowest BCUT2D eigenvalue weighted by atomic mass is 10.2. The summed E-state index contributed by atoms with van der Waals surface area (Å²) in [5.41, 5.74) is 1.78. The molecule has 3 aromatic carbocycles. The predicted octanol–water partition coefficient (Wildman–Crippen LogP) is 6.09. The molecule has 0 amide bonds. The molecule has 0 aliphatic rings. The van der Waals surface area contributed by atoms with Crippen molar-refractivity contribution in [2.24, 2.45) is 0 Å². The van der Waals surface area contributed by atoms with Crippen LogP contribution in [0.1, 0.15) is 20.3 Å². The first-order chi connectivity index (χ1) is 16.4. The Morgan fingerprint density at radius 1 is 0.941 bits per heavy atom. The number of ether oxygens (including phenoxy) is 1. The first-order valence-corrected chi connectivity index (χ1v) is 13.1. The Labute approximate surface area is 205 Å². The van der Waals surface area contributed by atoms with Gasteiger partial charge in [-0.3, -0.25) is 0 Å². The molecule has 0 bridgehead atoms. The van der Waals surface area contributed by atoms with Crippen LogP contribution in [0.4, 0.5) is 0 Å². The van der Waals surface area contributed by atoms with Crippen molar-refractivity contribution in [3.05, 3.63) is 71.8 Å². The summed E-state index contributed by atoms with van der Waals surface area (Å²) in [4.78, 5) is 7.18. The average molecular weight is 499 g/mol. The molecule has 178 valence electrons. The standard InChI is InChI=1S/C26H27ClN2O4S/c1-3-29(4-2)16-5-17-32-21-10-6-19(7-11-21)26-28-24-15-14-23(18-25(24)33-26)34(30,31)22-12-8-20(27)9-13-22/h6-15,18H,3-5,16-17H2,1-2H3. The maximum atomic E-state index is 13.0. The van der Waals surface area contributed by atoms with Gasteiger partial charge in [-0.05, 0) is 80.2 Å². The van der Waals surface area contributed by atoms with Crippen LogP contribution in [0.2, 0.25) is 5.02 Å². The molecule has 8 heteroatoms. The van der Waals surface area contributed by atoms with Crippen molar-refractivity contribution in [1.29, 1.82) is 0 Å². The van der Waals surface area contributed by atoms with Crippen molar-refractivity contribution in [1.82, 2.24) is 9.88 Å². The topological polar surface area (TPSA) is 72.6 Å². The second kappa shape index (κ2) is 10.6. The Morgan fingerprint density at radius 3 is 2.29 bits per heavy atom. The molecule has 1 aromatic heterocycles. The fourth-order valence-corrected chi connectivity index (χ4v) is 5.06. The molecule has 0 spiro atoms. The van der Waals surface area contributed by atoms with Gasteiger partial charge in [-0.1, -0.05) is 25.4 Å². The fourth-order valence-electron chi connectivity index (χ4n) is 3.66. The second-order valence-electron chi connectivity index (χ2n) is 7.86. The Balaban J connectivity index is 1.47. The highest BCUT2D eigenvalue weighted by atomic mass is 35.5. The molecule has 0 aliphatic carbocycles. The summed E-state index contributed by atoms with van der Waals surface area (Å²) < 4.78 is 37.7. The maximum absolute atomic E-state index is 13.0. The number of nitrogens with zero attached hydrogens (tertiary/aromatic N) is 2. The van der Waals surface area contributed by atoms with Crippen LogP contribution in [0.25, 0.3) is 22.6 Å². The first-order valence-electron chi connectivity index (χ1n) is 11.3. The van der Waals surface area contributed by atoms with Crippen molar-refractivity contribution in [3.63, 3.8) is 0 Å². The van der Waals surface area contributed by atoms with Gasteiger partial charge in [-0.2, -0.15) is 0 Å². The van der Waals surface area contributed by atoms with E-state index >= 15 is 0 Å². The molecule has 0 saturated carbocycles. The van der Waals surface area contributed by atoms with Gasteiger partial charge in [0.25, 0.3) is 0 Å². The molecule has 1 heterocycles. The molecule has 0 unspecified atom stereocenters. The lowest BCUT2D eigenvalue weighted by molar-refractivity contribution is 0.249. The summed E-state index contributed by atoms with van der Waals surface area (Å²) in [5.74, 6) is 1.21. The smallest absolute Gasteiger partial charge is 0.227 e. The highest BCUT2D eigenvalue weighted by Crippen LogP contribution is 2.29. The number of aromatic nitrogens is 1. The summed E-state index contributed by atoms with van der Waals surface area (Å²) in [6.45, 7) is 8.09. The van der Waals surface area contributed by atoms with E-state index < -0.39 is 9.84 Å². The van der Waals surface area contributed by atoms with Gasteiger partial charge in [0.2, 0.25) is 15.7 Å². The second-order valence-corrected chi connectivity index (χ2v) is 10.2. The van der Waals surface area contributed by atoms with Gasteiger partial charge in [0.05, 0.1) is 16.4 Å². The van der Waals surface area contributed by atoms with Gasteiger partial charge < -0.3 is 14.1 Å². The monoisotopic (exact) mass is 498 g/mol. The number of halogens is 1.